The topological polar surface area (TPSA) is 93.0 Å². The third-order valence-corrected chi connectivity index (χ3v) is 7.35. The molecule has 4 aromatic rings. The molecule has 180 valence electrons. The molecule has 0 spiro atoms. The number of hydrogen-bond acceptors (Lipinski definition) is 10. The lowest BCUT2D eigenvalue weighted by molar-refractivity contribution is 0.00988. The van der Waals surface area contributed by atoms with E-state index >= 15 is 0 Å². The van der Waals surface area contributed by atoms with Gasteiger partial charge in [0, 0.05) is 49.0 Å². The normalized spacial score (nSPS) is 16.3. The minimum atomic E-state index is -0.0160. The van der Waals surface area contributed by atoms with Gasteiger partial charge in [0.15, 0.2) is 11.5 Å². The van der Waals surface area contributed by atoms with Crippen LogP contribution in [0.25, 0.3) is 21.4 Å². The Morgan fingerprint density at radius 3 is 2.66 bits per heavy atom. The highest BCUT2D eigenvalue weighted by atomic mass is 32.1. The number of likely N-dealkylation sites (N-methyl/N-ethyl adjacent to an activating group) is 1. The van der Waals surface area contributed by atoms with Crippen LogP contribution in [0, 0.1) is 0 Å². The van der Waals surface area contributed by atoms with Crippen molar-refractivity contribution in [3.05, 3.63) is 58.2 Å². The maximum atomic E-state index is 12.7. The summed E-state index contributed by atoms with van der Waals surface area (Å²) in [5.41, 5.74) is 3.37. The number of aromatic nitrogens is 2. The van der Waals surface area contributed by atoms with Crippen molar-refractivity contribution < 1.29 is 13.9 Å². The molecule has 0 amide bonds. The zero-order valence-corrected chi connectivity index (χ0v) is 20.1. The highest BCUT2D eigenvalue weighted by molar-refractivity contribution is 7.17. The van der Waals surface area contributed by atoms with Gasteiger partial charge in [0.1, 0.15) is 10.5 Å². The molecule has 1 aromatic carbocycles. The average Bonchev–Trinajstić information content (AvgIpc) is 3.29. The maximum absolute atomic E-state index is 12.7. The molecule has 10 heteroatoms. The Labute approximate surface area is 205 Å². The number of fused-ring (bicyclic) bond motifs is 1. The standard InChI is InChI=1S/C25H25N5O4S/c1-29(18-13-33-14-18)21-6-7-26-25(28-21)27-17-4-2-16(3-5-17)19-15-35-24-20(31)12-22(34-23(19)24)30-8-10-32-11-9-30/h2-7,12,15,18H,8-11,13-14H2,1H3,(H,26,27,28). The van der Waals surface area contributed by atoms with Crippen LogP contribution in [0.4, 0.5) is 23.3 Å². The van der Waals surface area contributed by atoms with Gasteiger partial charge in [-0.05, 0) is 23.8 Å². The molecular formula is C25H25N5O4S. The number of benzene rings is 1. The lowest BCUT2D eigenvalue weighted by Gasteiger charge is -2.35. The molecule has 0 aliphatic carbocycles. The van der Waals surface area contributed by atoms with Crippen LogP contribution in [0.15, 0.2) is 57.2 Å². The first-order valence-electron chi connectivity index (χ1n) is 11.5. The molecule has 2 saturated heterocycles. The molecule has 1 N–H and O–H groups in total. The van der Waals surface area contributed by atoms with E-state index in [1.807, 2.05) is 42.8 Å². The molecule has 2 fully saturated rings. The second kappa shape index (κ2) is 9.29. The van der Waals surface area contributed by atoms with Crippen LogP contribution >= 0.6 is 11.3 Å². The summed E-state index contributed by atoms with van der Waals surface area (Å²) in [6, 6.07) is 11.8. The number of morpholine rings is 1. The predicted molar refractivity (Wildman–Crippen MR) is 137 cm³/mol. The highest BCUT2D eigenvalue weighted by Gasteiger charge is 2.24. The summed E-state index contributed by atoms with van der Waals surface area (Å²) in [6.07, 6.45) is 1.75. The van der Waals surface area contributed by atoms with Crippen LogP contribution < -0.4 is 20.5 Å². The van der Waals surface area contributed by atoms with Gasteiger partial charge in [-0.2, -0.15) is 4.98 Å². The number of anilines is 4. The third kappa shape index (κ3) is 4.36. The molecule has 2 aliphatic rings. The van der Waals surface area contributed by atoms with E-state index in [-0.39, 0.29) is 5.43 Å². The van der Waals surface area contributed by atoms with Crippen molar-refractivity contribution in [1.29, 1.82) is 0 Å². The molecule has 6 rings (SSSR count). The smallest absolute Gasteiger partial charge is 0.229 e. The minimum Gasteiger partial charge on any atom is -0.439 e. The van der Waals surface area contributed by atoms with Gasteiger partial charge in [-0.3, -0.25) is 4.79 Å². The average molecular weight is 492 g/mol. The minimum absolute atomic E-state index is 0.0160. The van der Waals surface area contributed by atoms with Gasteiger partial charge < -0.3 is 29.0 Å². The van der Waals surface area contributed by atoms with E-state index in [2.05, 4.69) is 25.1 Å². The molecule has 35 heavy (non-hydrogen) atoms. The van der Waals surface area contributed by atoms with Crippen LogP contribution in [0.3, 0.4) is 0 Å². The second-order valence-corrected chi connectivity index (χ2v) is 9.48. The summed E-state index contributed by atoms with van der Waals surface area (Å²) in [5, 5.41) is 5.26. The van der Waals surface area contributed by atoms with E-state index in [1.54, 1.807) is 12.3 Å². The van der Waals surface area contributed by atoms with Crippen LogP contribution in [-0.2, 0) is 9.47 Å². The fraction of sp³-hybridized carbons (Fsp3) is 0.320. The van der Waals surface area contributed by atoms with E-state index in [1.165, 1.54) is 11.3 Å². The third-order valence-electron chi connectivity index (χ3n) is 6.38. The van der Waals surface area contributed by atoms with Gasteiger partial charge in [0.05, 0.1) is 32.5 Å². The monoisotopic (exact) mass is 491 g/mol. The van der Waals surface area contributed by atoms with Crippen LogP contribution in [0.1, 0.15) is 0 Å². The van der Waals surface area contributed by atoms with Crippen molar-refractivity contribution in [2.45, 2.75) is 6.04 Å². The number of thiophene rings is 1. The summed E-state index contributed by atoms with van der Waals surface area (Å²) in [4.78, 5) is 25.9. The molecule has 5 heterocycles. The largest absolute Gasteiger partial charge is 0.439 e. The summed E-state index contributed by atoms with van der Waals surface area (Å²) < 4.78 is 17.6. The van der Waals surface area contributed by atoms with Gasteiger partial charge in [-0.15, -0.1) is 11.3 Å². The van der Waals surface area contributed by atoms with Crippen molar-refractivity contribution in [1.82, 2.24) is 9.97 Å². The Bertz CT molecular complexity index is 1390. The Morgan fingerprint density at radius 1 is 1.11 bits per heavy atom. The van der Waals surface area contributed by atoms with Crippen molar-refractivity contribution >= 4 is 45.0 Å². The molecule has 0 bridgehead atoms. The molecule has 0 atom stereocenters. The summed E-state index contributed by atoms with van der Waals surface area (Å²) in [5.74, 6) is 1.98. The van der Waals surface area contributed by atoms with E-state index in [0.29, 0.717) is 54.5 Å². The number of nitrogens with zero attached hydrogens (tertiary/aromatic N) is 4. The van der Waals surface area contributed by atoms with E-state index in [4.69, 9.17) is 13.9 Å². The predicted octanol–water partition coefficient (Wildman–Crippen LogP) is 3.73. The van der Waals surface area contributed by atoms with Crippen molar-refractivity contribution in [2.24, 2.45) is 0 Å². The Morgan fingerprint density at radius 2 is 1.91 bits per heavy atom. The first-order valence-corrected chi connectivity index (χ1v) is 12.4. The summed E-state index contributed by atoms with van der Waals surface area (Å²) >= 11 is 1.41. The Kier molecular flexibility index (Phi) is 5.85. The van der Waals surface area contributed by atoms with Gasteiger partial charge in [-0.1, -0.05) is 12.1 Å². The van der Waals surface area contributed by atoms with Gasteiger partial charge >= 0.3 is 0 Å². The maximum Gasteiger partial charge on any atom is 0.229 e. The van der Waals surface area contributed by atoms with E-state index in [0.717, 1.165) is 35.8 Å². The second-order valence-electron chi connectivity index (χ2n) is 8.60. The van der Waals surface area contributed by atoms with Gasteiger partial charge in [0.2, 0.25) is 11.4 Å². The molecule has 9 nitrogen and oxygen atoms in total. The van der Waals surface area contributed by atoms with Crippen molar-refractivity contribution in [2.75, 3.05) is 61.7 Å². The zero-order chi connectivity index (χ0) is 23.8. The lowest BCUT2D eigenvalue weighted by atomic mass is 10.1. The highest BCUT2D eigenvalue weighted by Crippen LogP contribution is 2.35. The number of nitrogens with one attached hydrogen (secondary N) is 1. The molecule has 3 aromatic heterocycles. The quantitative estimate of drug-likeness (QED) is 0.433. The van der Waals surface area contributed by atoms with Gasteiger partial charge in [-0.25, -0.2) is 4.98 Å². The molecule has 2 aliphatic heterocycles. The molecule has 0 saturated carbocycles. The van der Waals surface area contributed by atoms with Crippen LogP contribution in [0.2, 0.25) is 0 Å². The summed E-state index contributed by atoms with van der Waals surface area (Å²) in [6.45, 7) is 4.12. The molecule has 0 radical (unpaired) electrons. The summed E-state index contributed by atoms with van der Waals surface area (Å²) in [7, 11) is 2.02. The van der Waals surface area contributed by atoms with Crippen molar-refractivity contribution in [3.63, 3.8) is 0 Å². The van der Waals surface area contributed by atoms with Crippen LogP contribution in [-0.4, -0.2) is 62.6 Å². The first-order chi connectivity index (χ1) is 17.2. The molecule has 0 unspecified atom stereocenters. The number of hydrogen-bond donors (Lipinski definition) is 1. The fourth-order valence-electron chi connectivity index (χ4n) is 4.17. The van der Waals surface area contributed by atoms with E-state index < -0.39 is 0 Å². The van der Waals surface area contributed by atoms with Crippen LogP contribution in [0.5, 0.6) is 0 Å². The molecular weight excluding hydrogens is 466 g/mol. The Hall–Kier alpha value is -3.47. The first kappa shape index (κ1) is 22.0. The van der Waals surface area contributed by atoms with Crippen molar-refractivity contribution in [3.8, 4) is 11.1 Å². The number of rotatable bonds is 6. The van der Waals surface area contributed by atoms with E-state index in [9.17, 15) is 4.79 Å². The fourth-order valence-corrected chi connectivity index (χ4v) is 5.08. The lowest BCUT2D eigenvalue weighted by Crippen LogP contribution is -2.47. The zero-order valence-electron chi connectivity index (χ0n) is 19.3. The van der Waals surface area contributed by atoms with Gasteiger partial charge in [0.25, 0.3) is 0 Å². The SMILES string of the molecule is CN(c1ccnc(Nc2ccc(-c3csc4c(=O)cc(N5CCOCC5)oc34)cc2)n1)C1COC1. The number of ether oxygens (including phenoxy) is 2. The Balaban J connectivity index is 1.24.